The molecule has 0 saturated carbocycles. The summed E-state index contributed by atoms with van der Waals surface area (Å²) in [5.41, 5.74) is 0.345. The third-order valence-electron chi connectivity index (χ3n) is 1.46. The quantitative estimate of drug-likeness (QED) is 0.883. The monoisotopic (exact) mass is 246 g/mol. The Morgan fingerprint density at radius 2 is 2.31 bits per heavy atom. The third-order valence-corrected chi connectivity index (χ3v) is 2.39. The molecule has 0 saturated heterocycles. The van der Waals surface area contributed by atoms with E-state index in [1.807, 2.05) is 6.92 Å². The lowest BCUT2D eigenvalue weighted by Crippen LogP contribution is -2.14. The smallest absolute Gasteiger partial charge is 0.348 e. The van der Waals surface area contributed by atoms with Crippen LogP contribution in [0.2, 0.25) is 0 Å². The predicted octanol–water partition coefficient (Wildman–Crippen LogP) is 1.63. The van der Waals surface area contributed by atoms with Crippen molar-refractivity contribution in [2.75, 3.05) is 6.61 Å². The summed E-state index contributed by atoms with van der Waals surface area (Å²) in [6.45, 7) is 4.34. The van der Waals surface area contributed by atoms with E-state index in [2.05, 4.69) is 25.9 Å². The van der Waals surface area contributed by atoms with Crippen molar-refractivity contribution >= 4 is 15.9 Å². The van der Waals surface area contributed by atoms with Gasteiger partial charge in [0.25, 0.3) is 0 Å². The lowest BCUT2D eigenvalue weighted by atomic mass is 10.4. The molecule has 1 N–H and O–H groups in total. The highest BCUT2D eigenvalue weighted by Crippen LogP contribution is 2.22. The van der Waals surface area contributed by atoms with Gasteiger partial charge >= 0.3 is 5.69 Å². The van der Waals surface area contributed by atoms with Crippen molar-refractivity contribution in [1.29, 1.82) is 0 Å². The van der Waals surface area contributed by atoms with Gasteiger partial charge in [-0.25, -0.2) is 4.79 Å². The molecule has 0 radical (unpaired) electrons. The summed E-state index contributed by atoms with van der Waals surface area (Å²) >= 11 is 3.29. The zero-order valence-corrected chi connectivity index (χ0v) is 9.14. The number of rotatable bonds is 3. The molecule has 4 nitrogen and oxygen atoms in total. The van der Waals surface area contributed by atoms with E-state index in [9.17, 15) is 4.79 Å². The maximum Gasteiger partial charge on any atom is 0.348 e. The predicted molar refractivity (Wildman–Crippen MR) is 53.1 cm³/mol. The Hall–Kier alpha value is -0.840. The van der Waals surface area contributed by atoms with E-state index in [1.54, 1.807) is 6.92 Å². The van der Waals surface area contributed by atoms with Gasteiger partial charge in [0, 0.05) is 5.69 Å². The molecule has 0 unspecified atom stereocenters. The van der Waals surface area contributed by atoms with Gasteiger partial charge in [0.2, 0.25) is 5.88 Å². The van der Waals surface area contributed by atoms with Crippen LogP contribution in [0.15, 0.2) is 9.27 Å². The fourth-order valence-corrected chi connectivity index (χ4v) is 1.14. The highest BCUT2D eigenvalue weighted by atomic mass is 79.9. The van der Waals surface area contributed by atoms with Crippen LogP contribution in [0.4, 0.5) is 0 Å². The van der Waals surface area contributed by atoms with Gasteiger partial charge in [-0.3, -0.25) is 0 Å². The number of nitrogens with zero attached hydrogens (tertiary/aromatic N) is 1. The van der Waals surface area contributed by atoms with Gasteiger partial charge in [0.15, 0.2) is 0 Å². The Morgan fingerprint density at radius 1 is 1.62 bits per heavy atom. The van der Waals surface area contributed by atoms with Crippen molar-refractivity contribution in [3.63, 3.8) is 0 Å². The molecule has 13 heavy (non-hydrogen) atoms. The van der Waals surface area contributed by atoms with Gasteiger partial charge in [-0.15, -0.1) is 0 Å². The summed E-state index contributed by atoms with van der Waals surface area (Å²) in [5, 5.41) is 0. The lowest BCUT2D eigenvalue weighted by molar-refractivity contribution is 0.301. The van der Waals surface area contributed by atoms with Crippen LogP contribution in [-0.4, -0.2) is 16.6 Å². The molecule has 0 fully saturated rings. The number of aromatic amines is 1. The number of aromatic nitrogens is 2. The largest absolute Gasteiger partial charge is 0.477 e. The van der Waals surface area contributed by atoms with Crippen LogP contribution < -0.4 is 10.4 Å². The minimum atomic E-state index is -0.383. The zero-order valence-electron chi connectivity index (χ0n) is 7.56. The number of aryl methyl sites for hydroxylation is 1. The van der Waals surface area contributed by atoms with Gasteiger partial charge in [-0.05, 0) is 29.3 Å². The Morgan fingerprint density at radius 3 is 2.92 bits per heavy atom. The number of ether oxygens (including phenoxy) is 1. The van der Waals surface area contributed by atoms with Crippen LogP contribution in [-0.2, 0) is 0 Å². The van der Waals surface area contributed by atoms with Crippen LogP contribution in [0.1, 0.15) is 19.0 Å². The minimum absolute atomic E-state index is 0.364. The number of halogens is 1. The molecule has 5 heteroatoms. The van der Waals surface area contributed by atoms with Crippen LogP contribution >= 0.6 is 15.9 Å². The fraction of sp³-hybridized carbons (Fsp3) is 0.500. The van der Waals surface area contributed by atoms with Crippen LogP contribution in [0.5, 0.6) is 5.88 Å². The average molecular weight is 247 g/mol. The van der Waals surface area contributed by atoms with E-state index in [4.69, 9.17) is 4.74 Å². The zero-order chi connectivity index (χ0) is 9.84. The number of nitrogens with one attached hydrogen (secondary N) is 1. The summed E-state index contributed by atoms with van der Waals surface area (Å²) in [5.74, 6) is 0.364. The van der Waals surface area contributed by atoms with Gasteiger partial charge in [-0.2, -0.15) is 4.98 Å². The Labute approximate surface area is 84.5 Å². The van der Waals surface area contributed by atoms with Crippen molar-refractivity contribution in [2.24, 2.45) is 0 Å². The summed E-state index contributed by atoms with van der Waals surface area (Å²) < 4.78 is 5.98. The molecule has 0 aromatic carbocycles. The maximum atomic E-state index is 11.0. The summed E-state index contributed by atoms with van der Waals surface area (Å²) in [4.78, 5) is 17.2. The van der Waals surface area contributed by atoms with Crippen LogP contribution in [0, 0.1) is 6.92 Å². The molecular formula is C8H11BrN2O2. The first-order chi connectivity index (χ1) is 6.15. The molecule has 1 heterocycles. The summed E-state index contributed by atoms with van der Waals surface area (Å²) in [7, 11) is 0. The van der Waals surface area contributed by atoms with Crippen molar-refractivity contribution in [1.82, 2.24) is 9.97 Å². The molecule has 1 aromatic heterocycles. The van der Waals surface area contributed by atoms with Crippen molar-refractivity contribution in [2.45, 2.75) is 20.3 Å². The van der Waals surface area contributed by atoms with E-state index >= 15 is 0 Å². The number of H-pyrrole nitrogens is 1. The number of hydrogen-bond donors (Lipinski definition) is 1. The molecule has 0 aliphatic heterocycles. The topological polar surface area (TPSA) is 55.0 Å². The highest BCUT2D eigenvalue weighted by molar-refractivity contribution is 9.10. The molecule has 1 aromatic rings. The van der Waals surface area contributed by atoms with E-state index in [0.29, 0.717) is 17.0 Å². The van der Waals surface area contributed by atoms with Crippen LogP contribution in [0.3, 0.4) is 0 Å². The van der Waals surface area contributed by atoms with Gasteiger partial charge < -0.3 is 9.72 Å². The molecule has 0 spiro atoms. The number of hydrogen-bond acceptors (Lipinski definition) is 3. The van der Waals surface area contributed by atoms with E-state index in [1.165, 1.54) is 0 Å². The Balaban J connectivity index is 2.99. The minimum Gasteiger partial charge on any atom is -0.477 e. The third kappa shape index (κ3) is 2.55. The standard InChI is InChI=1S/C8H11BrN2O2/c1-3-4-13-7-6(9)5(2)10-8(12)11-7/h3-4H2,1-2H3,(H,10,11,12). The molecule has 1 rings (SSSR count). The van der Waals surface area contributed by atoms with E-state index < -0.39 is 0 Å². The summed E-state index contributed by atoms with van der Waals surface area (Å²) in [6.07, 6.45) is 0.889. The van der Waals surface area contributed by atoms with Gasteiger partial charge in [0.1, 0.15) is 0 Å². The van der Waals surface area contributed by atoms with Gasteiger partial charge in [-0.1, -0.05) is 6.92 Å². The fourth-order valence-electron chi connectivity index (χ4n) is 0.839. The molecule has 0 aliphatic carbocycles. The maximum absolute atomic E-state index is 11.0. The average Bonchev–Trinajstić information content (AvgIpc) is 2.09. The second-order valence-corrected chi connectivity index (χ2v) is 3.43. The van der Waals surface area contributed by atoms with Crippen molar-refractivity contribution in [3.05, 3.63) is 20.7 Å². The first kappa shape index (κ1) is 10.2. The lowest BCUT2D eigenvalue weighted by Gasteiger charge is -2.05. The first-order valence-electron chi connectivity index (χ1n) is 4.04. The van der Waals surface area contributed by atoms with Crippen LogP contribution in [0.25, 0.3) is 0 Å². The molecule has 0 bridgehead atoms. The second kappa shape index (κ2) is 4.41. The Bertz CT molecular complexity index is 348. The highest BCUT2D eigenvalue weighted by Gasteiger charge is 2.06. The summed E-state index contributed by atoms with van der Waals surface area (Å²) in [6, 6.07) is 0. The van der Waals surface area contributed by atoms with Crippen molar-refractivity contribution in [3.8, 4) is 5.88 Å². The molecule has 0 amide bonds. The van der Waals surface area contributed by atoms with E-state index in [0.717, 1.165) is 12.1 Å². The Kier molecular flexibility index (Phi) is 3.48. The second-order valence-electron chi connectivity index (χ2n) is 2.63. The molecular weight excluding hydrogens is 236 g/mol. The SMILES string of the molecule is CCCOc1nc(=O)[nH]c(C)c1Br. The van der Waals surface area contributed by atoms with Crippen molar-refractivity contribution < 1.29 is 4.74 Å². The normalized spacial score (nSPS) is 10.1. The molecule has 72 valence electrons. The molecule has 0 aliphatic rings. The van der Waals surface area contributed by atoms with Gasteiger partial charge in [0.05, 0.1) is 11.1 Å². The molecule has 0 atom stereocenters. The first-order valence-corrected chi connectivity index (χ1v) is 4.83. The van der Waals surface area contributed by atoms with E-state index in [-0.39, 0.29) is 5.69 Å².